The molecule has 0 saturated heterocycles. The number of nitro benzene ring substituents is 1. The molecule has 3 aromatic carbocycles. The number of amides is 2. The molecule has 47 heavy (non-hydrogen) atoms. The van der Waals surface area contributed by atoms with E-state index < -0.39 is 34.8 Å². The van der Waals surface area contributed by atoms with Gasteiger partial charge in [0.25, 0.3) is 5.91 Å². The molecule has 0 aliphatic carbocycles. The average Bonchev–Trinajstić information content (AvgIpc) is 3.66. The third-order valence-corrected chi connectivity index (χ3v) is 7.20. The molecule has 0 saturated carbocycles. The summed E-state index contributed by atoms with van der Waals surface area (Å²) in [6.45, 7) is 3.55. The predicted octanol–water partition coefficient (Wildman–Crippen LogP) is 6.86. The Hall–Kier alpha value is -5.76. The lowest BCUT2D eigenvalue weighted by atomic mass is 10.2. The molecule has 14 heteroatoms. The minimum Gasteiger partial charge on any atom is -0.486 e. The number of rotatable bonds is 12. The lowest BCUT2D eigenvalue weighted by Crippen LogP contribution is -2.21. The number of aryl methyl sites for hydroxylation is 2. The molecular weight excluding hydrogens is 677 g/mol. The predicted molar refractivity (Wildman–Crippen MR) is 175 cm³/mol. The maximum atomic E-state index is 13.1. The lowest BCUT2D eigenvalue weighted by Gasteiger charge is -2.11. The highest BCUT2D eigenvalue weighted by Gasteiger charge is 2.22. The molecule has 0 fully saturated rings. The first-order valence-corrected chi connectivity index (χ1v) is 14.8. The van der Waals surface area contributed by atoms with Crippen LogP contribution in [0, 0.1) is 29.8 Å². The number of aromatic nitrogens is 1. The summed E-state index contributed by atoms with van der Waals surface area (Å²) in [6.07, 6.45) is 1.14. The van der Waals surface area contributed by atoms with Crippen molar-refractivity contribution in [2.24, 2.45) is 5.10 Å². The molecule has 0 unspecified atom stereocenters. The van der Waals surface area contributed by atoms with Crippen molar-refractivity contribution in [3.63, 3.8) is 0 Å². The van der Waals surface area contributed by atoms with Crippen molar-refractivity contribution in [3.8, 4) is 17.2 Å². The third-order valence-electron chi connectivity index (χ3n) is 6.74. The number of nitrogens with one attached hydrogen (secondary N) is 2. The minimum absolute atomic E-state index is 0.0381. The van der Waals surface area contributed by atoms with Crippen LogP contribution in [0.15, 0.2) is 98.9 Å². The Morgan fingerprint density at radius 3 is 2.38 bits per heavy atom. The van der Waals surface area contributed by atoms with Gasteiger partial charge in [-0.05, 0) is 92.7 Å². The van der Waals surface area contributed by atoms with Crippen LogP contribution in [0.1, 0.15) is 33.3 Å². The molecule has 0 spiro atoms. The van der Waals surface area contributed by atoms with Crippen LogP contribution in [-0.2, 0) is 11.4 Å². The summed E-state index contributed by atoms with van der Waals surface area (Å²) in [5, 5.41) is 18.1. The quantitative estimate of drug-likeness (QED) is 0.0819. The van der Waals surface area contributed by atoms with Gasteiger partial charge in [-0.1, -0.05) is 15.9 Å². The first-order valence-electron chi connectivity index (χ1n) is 14.0. The molecule has 5 aromatic rings. The number of anilines is 1. The standard InChI is InChI=1S/C33H27BrFN5O7/c1-20-3-4-21(2)39(20)26-9-11-27(12-10-26)45-18-28-13-14-30(47-28)33(42)38-36-17-22-15-23(34)16-29(40(43)44)32(22)46-19-31(41)37-25-7-5-24(35)6-8-25/h3-17H,18-19H2,1-2H3,(H,37,41)(H,38,42)/b36-17+. The molecule has 0 aliphatic heterocycles. The van der Waals surface area contributed by atoms with Crippen molar-refractivity contribution in [1.29, 1.82) is 0 Å². The van der Waals surface area contributed by atoms with Crippen LogP contribution in [0.3, 0.4) is 0 Å². The second kappa shape index (κ2) is 14.6. The highest BCUT2D eigenvalue weighted by Crippen LogP contribution is 2.34. The smallest absolute Gasteiger partial charge is 0.312 e. The first kappa shape index (κ1) is 32.6. The Balaban J connectivity index is 1.19. The monoisotopic (exact) mass is 703 g/mol. The summed E-state index contributed by atoms with van der Waals surface area (Å²) >= 11 is 3.21. The van der Waals surface area contributed by atoms with E-state index in [1.165, 1.54) is 42.5 Å². The summed E-state index contributed by atoms with van der Waals surface area (Å²) in [4.78, 5) is 36.1. The topological polar surface area (TPSA) is 150 Å². The fraction of sp³-hybridized carbons (Fsp3) is 0.121. The summed E-state index contributed by atoms with van der Waals surface area (Å²) < 4.78 is 32.5. The SMILES string of the molecule is Cc1ccc(C)n1-c1ccc(OCc2ccc(C(=O)N/N=C/c3cc(Br)cc([N+](=O)[O-])c3OCC(=O)Nc3ccc(F)cc3)o2)cc1. The number of nitrogens with zero attached hydrogens (tertiary/aromatic N) is 3. The number of carbonyl (C=O) groups excluding carboxylic acids is 2. The van der Waals surface area contributed by atoms with Crippen LogP contribution in [0.25, 0.3) is 5.69 Å². The second-order valence-corrected chi connectivity index (χ2v) is 11.1. The van der Waals surface area contributed by atoms with Crippen LogP contribution in [0.4, 0.5) is 15.8 Å². The van der Waals surface area contributed by atoms with Gasteiger partial charge in [0.2, 0.25) is 5.75 Å². The normalized spacial score (nSPS) is 11.0. The van der Waals surface area contributed by atoms with Crippen molar-refractivity contribution in [3.05, 3.63) is 134 Å². The zero-order valence-electron chi connectivity index (χ0n) is 25.0. The Labute approximate surface area is 276 Å². The minimum atomic E-state index is -0.682. The summed E-state index contributed by atoms with van der Waals surface area (Å²) in [5.41, 5.74) is 5.53. The van der Waals surface area contributed by atoms with E-state index in [4.69, 9.17) is 13.9 Å². The van der Waals surface area contributed by atoms with Gasteiger partial charge in [0, 0.05) is 38.9 Å². The molecule has 2 aromatic heterocycles. The van der Waals surface area contributed by atoms with Crippen LogP contribution in [0.5, 0.6) is 11.5 Å². The fourth-order valence-corrected chi connectivity index (χ4v) is 5.03. The summed E-state index contributed by atoms with van der Waals surface area (Å²) in [7, 11) is 0. The van der Waals surface area contributed by atoms with E-state index in [-0.39, 0.29) is 23.7 Å². The van der Waals surface area contributed by atoms with Crippen LogP contribution < -0.4 is 20.2 Å². The second-order valence-electron chi connectivity index (χ2n) is 10.1. The van der Waals surface area contributed by atoms with Gasteiger partial charge in [0.15, 0.2) is 12.4 Å². The molecule has 240 valence electrons. The maximum absolute atomic E-state index is 13.1. The van der Waals surface area contributed by atoms with Crippen LogP contribution in [0.2, 0.25) is 0 Å². The van der Waals surface area contributed by atoms with E-state index in [1.807, 2.05) is 38.1 Å². The van der Waals surface area contributed by atoms with Gasteiger partial charge >= 0.3 is 11.6 Å². The van der Waals surface area contributed by atoms with Crippen molar-refractivity contribution in [1.82, 2.24) is 9.99 Å². The highest BCUT2D eigenvalue weighted by molar-refractivity contribution is 9.10. The number of nitro groups is 1. The number of hydrogen-bond acceptors (Lipinski definition) is 8. The van der Waals surface area contributed by atoms with Gasteiger partial charge in [0.1, 0.15) is 23.9 Å². The van der Waals surface area contributed by atoms with Gasteiger partial charge in [-0.3, -0.25) is 19.7 Å². The van der Waals surface area contributed by atoms with E-state index >= 15 is 0 Å². The highest BCUT2D eigenvalue weighted by atomic mass is 79.9. The maximum Gasteiger partial charge on any atom is 0.312 e. The molecular formula is C33H27BrFN5O7. The van der Waals surface area contributed by atoms with Gasteiger partial charge in [-0.2, -0.15) is 5.10 Å². The zero-order chi connectivity index (χ0) is 33.5. The van der Waals surface area contributed by atoms with Crippen molar-refractivity contribution < 1.29 is 32.8 Å². The van der Waals surface area contributed by atoms with Crippen molar-refractivity contribution in [2.45, 2.75) is 20.5 Å². The third kappa shape index (κ3) is 8.29. The van der Waals surface area contributed by atoms with Crippen molar-refractivity contribution in [2.75, 3.05) is 11.9 Å². The summed E-state index contributed by atoms with van der Waals surface area (Å²) in [6, 6.07) is 22.5. The molecule has 0 atom stereocenters. The summed E-state index contributed by atoms with van der Waals surface area (Å²) in [5.74, 6) is -1.06. The molecule has 0 radical (unpaired) electrons. The van der Waals surface area contributed by atoms with E-state index in [2.05, 4.69) is 48.5 Å². The molecule has 5 rings (SSSR count). The van der Waals surface area contributed by atoms with Crippen LogP contribution >= 0.6 is 15.9 Å². The Bertz CT molecular complexity index is 1930. The van der Waals surface area contributed by atoms with Crippen molar-refractivity contribution >= 4 is 45.3 Å². The number of furan rings is 1. The van der Waals surface area contributed by atoms with E-state index in [1.54, 1.807) is 6.07 Å². The van der Waals surface area contributed by atoms with E-state index in [0.717, 1.165) is 23.3 Å². The zero-order valence-corrected chi connectivity index (χ0v) is 26.6. The Kier molecular flexibility index (Phi) is 10.1. The van der Waals surface area contributed by atoms with Gasteiger partial charge in [-0.15, -0.1) is 0 Å². The largest absolute Gasteiger partial charge is 0.486 e. The van der Waals surface area contributed by atoms with Gasteiger partial charge < -0.3 is 23.8 Å². The number of carbonyl (C=O) groups is 2. The molecule has 0 bridgehead atoms. The fourth-order valence-electron chi connectivity index (χ4n) is 4.57. The molecule has 2 heterocycles. The number of benzene rings is 3. The Morgan fingerprint density at radius 2 is 1.70 bits per heavy atom. The average molecular weight is 705 g/mol. The van der Waals surface area contributed by atoms with Gasteiger partial charge in [0.05, 0.1) is 11.1 Å². The first-order chi connectivity index (χ1) is 22.6. The Morgan fingerprint density at radius 1 is 1.00 bits per heavy atom. The van der Waals surface area contributed by atoms with Gasteiger partial charge in [-0.25, -0.2) is 9.82 Å². The molecule has 2 N–H and O–H groups in total. The number of hydrazone groups is 1. The molecule has 2 amide bonds. The number of ether oxygens (including phenoxy) is 2. The molecule has 12 nitrogen and oxygen atoms in total. The number of hydrogen-bond donors (Lipinski definition) is 2. The number of halogens is 2. The van der Waals surface area contributed by atoms with E-state index in [9.17, 15) is 24.1 Å². The van der Waals surface area contributed by atoms with E-state index in [0.29, 0.717) is 21.7 Å². The molecule has 0 aliphatic rings. The lowest BCUT2D eigenvalue weighted by molar-refractivity contribution is -0.385. The van der Waals surface area contributed by atoms with Crippen LogP contribution in [-0.4, -0.2) is 34.1 Å².